The van der Waals surface area contributed by atoms with Crippen LogP contribution in [0.15, 0.2) is 41.1 Å². The average molecular weight is 403 g/mol. The number of hydrogen-bond donors (Lipinski definition) is 0. The summed E-state index contributed by atoms with van der Waals surface area (Å²) < 4.78 is 9.26. The number of methoxy groups -OCH3 is 1. The number of thiophene rings is 1. The largest absolute Gasteiger partial charge is 0.497 e. The maximum absolute atomic E-state index is 5.57. The molecule has 0 bridgehead atoms. The Labute approximate surface area is 167 Å². The molecule has 0 radical (unpaired) electrons. The number of benzene rings is 1. The van der Waals surface area contributed by atoms with Crippen LogP contribution in [0, 0.1) is 4.77 Å². The van der Waals surface area contributed by atoms with Gasteiger partial charge in [-0.25, -0.2) is 4.68 Å². The third kappa shape index (κ3) is 4.27. The molecule has 1 fully saturated rings. The Morgan fingerprint density at radius 3 is 2.44 bits per heavy atom. The van der Waals surface area contributed by atoms with E-state index in [1.54, 1.807) is 27.8 Å². The van der Waals surface area contributed by atoms with E-state index in [0.717, 1.165) is 44.2 Å². The van der Waals surface area contributed by atoms with Crippen LogP contribution in [0.3, 0.4) is 0 Å². The molecule has 3 aromatic rings. The summed E-state index contributed by atoms with van der Waals surface area (Å²) in [7, 11) is 1.65. The van der Waals surface area contributed by atoms with Gasteiger partial charge in [-0.15, -0.1) is 0 Å². The first-order valence-corrected chi connectivity index (χ1v) is 10.2. The van der Waals surface area contributed by atoms with Crippen LogP contribution in [0.4, 0.5) is 0 Å². The molecule has 0 N–H and O–H groups in total. The lowest BCUT2D eigenvalue weighted by Crippen LogP contribution is -2.46. The SMILES string of the molecule is COc1ccc(-n2nnn(CN3CCN(Cc4ccsc4)CC3)c2=S)cc1. The third-order valence-corrected chi connectivity index (χ3v) is 5.86. The predicted octanol–water partition coefficient (Wildman–Crippen LogP) is 2.64. The number of nitrogens with zero attached hydrogens (tertiary/aromatic N) is 6. The monoisotopic (exact) mass is 402 g/mol. The smallest absolute Gasteiger partial charge is 0.221 e. The van der Waals surface area contributed by atoms with Crippen molar-refractivity contribution in [3.05, 3.63) is 51.4 Å². The number of rotatable bonds is 6. The highest BCUT2D eigenvalue weighted by molar-refractivity contribution is 7.71. The second kappa shape index (κ2) is 8.30. The summed E-state index contributed by atoms with van der Waals surface area (Å²) in [6.45, 7) is 5.81. The first-order valence-electron chi connectivity index (χ1n) is 8.86. The minimum Gasteiger partial charge on any atom is -0.497 e. The standard InChI is InChI=1S/C18H22N6OS2/c1-25-17-4-2-16(3-5-17)24-18(26)23(19-20-24)14-22-9-7-21(8-10-22)12-15-6-11-27-13-15/h2-6,11,13H,7-10,12,14H2,1H3. The normalized spacial score (nSPS) is 15.9. The van der Waals surface area contributed by atoms with Crippen LogP contribution in [0.2, 0.25) is 0 Å². The Balaban J connectivity index is 1.36. The first kappa shape index (κ1) is 18.3. The highest BCUT2D eigenvalue weighted by atomic mass is 32.1. The van der Waals surface area contributed by atoms with Gasteiger partial charge in [0.15, 0.2) is 0 Å². The molecule has 0 saturated carbocycles. The zero-order valence-corrected chi connectivity index (χ0v) is 16.8. The molecule has 7 nitrogen and oxygen atoms in total. The van der Waals surface area contributed by atoms with Crippen LogP contribution in [0.5, 0.6) is 5.75 Å². The van der Waals surface area contributed by atoms with Crippen LogP contribution in [0.1, 0.15) is 5.56 Å². The molecule has 3 heterocycles. The van der Waals surface area contributed by atoms with Crippen LogP contribution in [-0.4, -0.2) is 62.9 Å². The molecule has 1 saturated heterocycles. The minimum atomic E-state index is 0.598. The van der Waals surface area contributed by atoms with Crippen LogP contribution in [0.25, 0.3) is 5.69 Å². The summed E-state index contributed by atoms with van der Waals surface area (Å²) in [6, 6.07) is 9.84. The van der Waals surface area contributed by atoms with Gasteiger partial charge in [0.2, 0.25) is 4.77 Å². The van der Waals surface area contributed by atoms with E-state index in [4.69, 9.17) is 17.0 Å². The second-order valence-corrected chi connectivity index (χ2v) is 7.68. The van der Waals surface area contributed by atoms with E-state index >= 15 is 0 Å². The molecular formula is C18H22N6OS2. The second-order valence-electron chi connectivity index (χ2n) is 6.54. The summed E-state index contributed by atoms with van der Waals surface area (Å²) in [4.78, 5) is 4.86. The quantitative estimate of drug-likeness (QED) is 0.591. The van der Waals surface area contributed by atoms with Crippen molar-refractivity contribution in [3.8, 4) is 11.4 Å². The highest BCUT2D eigenvalue weighted by Gasteiger charge is 2.18. The molecule has 1 aliphatic heterocycles. The molecule has 2 aromatic heterocycles. The van der Waals surface area contributed by atoms with E-state index < -0.39 is 0 Å². The summed E-state index contributed by atoms with van der Waals surface area (Å²) in [5.41, 5.74) is 2.28. The van der Waals surface area contributed by atoms with Crippen LogP contribution < -0.4 is 4.74 Å². The van der Waals surface area contributed by atoms with E-state index in [1.807, 2.05) is 24.3 Å². The van der Waals surface area contributed by atoms with Crippen LogP contribution in [-0.2, 0) is 13.2 Å². The lowest BCUT2D eigenvalue weighted by molar-refractivity contribution is 0.0976. The van der Waals surface area contributed by atoms with Crippen molar-refractivity contribution in [2.45, 2.75) is 13.2 Å². The number of aromatic nitrogens is 4. The van der Waals surface area contributed by atoms with Crippen molar-refractivity contribution in [1.29, 1.82) is 0 Å². The lowest BCUT2D eigenvalue weighted by Gasteiger charge is -2.34. The van der Waals surface area contributed by atoms with Crippen molar-refractivity contribution in [2.24, 2.45) is 0 Å². The van der Waals surface area contributed by atoms with Gasteiger partial charge in [-0.2, -0.15) is 16.0 Å². The fraction of sp³-hybridized carbons (Fsp3) is 0.389. The fourth-order valence-corrected chi connectivity index (χ4v) is 4.06. The van der Waals surface area contributed by atoms with E-state index in [9.17, 15) is 0 Å². The van der Waals surface area contributed by atoms with Crippen molar-refractivity contribution in [1.82, 2.24) is 29.6 Å². The van der Waals surface area contributed by atoms with Gasteiger partial charge in [-0.05, 0) is 69.3 Å². The van der Waals surface area contributed by atoms with Gasteiger partial charge >= 0.3 is 0 Å². The van der Waals surface area contributed by atoms with Gasteiger partial charge in [0.1, 0.15) is 5.75 Å². The van der Waals surface area contributed by atoms with Crippen LogP contribution >= 0.6 is 23.6 Å². The third-order valence-electron chi connectivity index (χ3n) is 4.74. The molecule has 4 rings (SSSR count). The molecule has 0 aliphatic carbocycles. The van der Waals surface area contributed by atoms with E-state index in [1.165, 1.54) is 5.56 Å². The van der Waals surface area contributed by atoms with Gasteiger partial charge in [0.05, 0.1) is 19.5 Å². The summed E-state index contributed by atoms with van der Waals surface area (Å²) >= 11 is 7.33. The van der Waals surface area contributed by atoms with Crippen molar-refractivity contribution in [2.75, 3.05) is 33.3 Å². The highest BCUT2D eigenvalue weighted by Crippen LogP contribution is 2.15. The molecule has 1 aromatic carbocycles. The van der Waals surface area contributed by atoms with Gasteiger partial charge in [-0.1, -0.05) is 0 Å². The number of hydrogen-bond acceptors (Lipinski definition) is 7. The van der Waals surface area contributed by atoms with E-state index in [2.05, 4.69) is 37.1 Å². The summed E-state index contributed by atoms with van der Waals surface area (Å²) in [6.07, 6.45) is 0. The molecule has 1 aliphatic rings. The Morgan fingerprint density at radius 1 is 1.04 bits per heavy atom. The maximum Gasteiger partial charge on any atom is 0.221 e. The molecule has 0 spiro atoms. The molecule has 9 heteroatoms. The molecule has 0 unspecified atom stereocenters. The minimum absolute atomic E-state index is 0.598. The lowest BCUT2D eigenvalue weighted by atomic mass is 10.2. The molecule has 27 heavy (non-hydrogen) atoms. The number of ether oxygens (including phenoxy) is 1. The van der Waals surface area contributed by atoms with Gasteiger partial charge in [-0.3, -0.25) is 9.80 Å². The molecule has 0 amide bonds. The number of piperazine rings is 1. The Hall–Kier alpha value is -2.07. The van der Waals surface area contributed by atoms with Gasteiger partial charge in [0, 0.05) is 32.7 Å². The summed E-state index contributed by atoms with van der Waals surface area (Å²) in [5.74, 6) is 0.804. The Morgan fingerprint density at radius 2 is 1.78 bits per heavy atom. The number of tetrazole rings is 1. The molecule has 142 valence electrons. The molecular weight excluding hydrogens is 380 g/mol. The fourth-order valence-electron chi connectivity index (χ4n) is 3.17. The van der Waals surface area contributed by atoms with Crippen molar-refractivity contribution in [3.63, 3.8) is 0 Å². The molecule has 0 atom stereocenters. The van der Waals surface area contributed by atoms with Gasteiger partial charge in [0.25, 0.3) is 0 Å². The average Bonchev–Trinajstić information content (AvgIpc) is 3.34. The zero-order valence-electron chi connectivity index (χ0n) is 15.2. The first-order chi connectivity index (χ1) is 13.2. The van der Waals surface area contributed by atoms with E-state index in [0.29, 0.717) is 11.4 Å². The maximum atomic E-state index is 5.57. The van der Waals surface area contributed by atoms with Gasteiger partial charge < -0.3 is 4.74 Å². The Bertz CT molecular complexity index is 910. The van der Waals surface area contributed by atoms with Crippen molar-refractivity contribution >= 4 is 23.6 Å². The predicted molar refractivity (Wildman–Crippen MR) is 108 cm³/mol. The topological polar surface area (TPSA) is 51.4 Å². The summed E-state index contributed by atoms with van der Waals surface area (Å²) in [5, 5.41) is 12.8. The van der Waals surface area contributed by atoms with E-state index in [-0.39, 0.29) is 0 Å². The zero-order chi connectivity index (χ0) is 18.6. The Kier molecular flexibility index (Phi) is 5.63. The van der Waals surface area contributed by atoms with Crippen molar-refractivity contribution < 1.29 is 4.74 Å².